The molecule has 168 valence electrons. The minimum absolute atomic E-state index is 0.0687. The highest BCUT2D eigenvalue weighted by atomic mass is 19.1. The first-order valence-corrected chi connectivity index (χ1v) is 10.7. The molecule has 7 heteroatoms. The summed E-state index contributed by atoms with van der Waals surface area (Å²) in [6.45, 7) is 9.92. The second-order valence-electron chi connectivity index (χ2n) is 9.46. The molecule has 2 aromatic carbocycles. The predicted octanol–water partition coefficient (Wildman–Crippen LogP) is 4.85. The normalized spacial score (nSPS) is 18.6. The molecule has 32 heavy (non-hydrogen) atoms. The van der Waals surface area contributed by atoms with E-state index < -0.39 is 12.0 Å². The lowest BCUT2D eigenvalue weighted by Gasteiger charge is -2.43. The molecule has 2 atom stereocenters. The zero-order valence-corrected chi connectivity index (χ0v) is 19.0. The molecule has 0 unspecified atom stereocenters. The van der Waals surface area contributed by atoms with E-state index in [1.54, 1.807) is 16.8 Å². The van der Waals surface area contributed by atoms with Crippen molar-refractivity contribution in [3.63, 3.8) is 0 Å². The van der Waals surface area contributed by atoms with Crippen molar-refractivity contribution in [1.29, 1.82) is 0 Å². The van der Waals surface area contributed by atoms with Gasteiger partial charge in [-0.3, -0.25) is 4.79 Å². The third-order valence-electron chi connectivity index (χ3n) is 5.84. The highest BCUT2D eigenvalue weighted by Crippen LogP contribution is 2.43. The fraction of sp³-hybridized carbons (Fsp3) is 0.360. The second-order valence-corrected chi connectivity index (χ2v) is 9.46. The molecule has 1 aromatic heterocycles. The van der Waals surface area contributed by atoms with Gasteiger partial charge in [0.15, 0.2) is 0 Å². The van der Waals surface area contributed by atoms with Gasteiger partial charge in [0.25, 0.3) is 0 Å². The predicted molar refractivity (Wildman–Crippen MR) is 123 cm³/mol. The van der Waals surface area contributed by atoms with Crippen LogP contribution in [0.25, 0.3) is 0 Å². The zero-order chi connectivity index (χ0) is 23.2. The van der Waals surface area contributed by atoms with Gasteiger partial charge in [0.2, 0.25) is 5.91 Å². The summed E-state index contributed by atoms with van der Waals surface area (Å²) >= 11 is 0. The number of carbonyl (C=O) groups excluding carboxylic acids is 1. The Morgan fingerprint density at radius 3 is 2.47 bits per heavy atom. The minimum Gasteiger partial charge on any atom is -0.784 e. The molecule has 3 aromatic rings. The Balaban J connectivity index is 1.83. The van der Waals surface area contributed by atoms with Gasteiger partial charge < -0.3 is 15.6 Å². The molecule has 2 heterocycles. The van der Waals surface area contributed by atoms with Crippen molar-refractivity contribution in [3.8, 4) is 0 Å². The molecule has 1 aliphatic heterocycles. The molecule has 0 saturated heterocycles. The van der Waals surface area contributed by atoms with Crippen LogP contribution < -0.4 is 5.32 Å². The Morgan fingerprint density at radius 2 is 1.84 bits per heavy atom. The molecule has 0 radical (unpaired) electrons. The summed E-state index contributed by atoms with van der Waals surface area (Å²) in [5.74, 6) is -0.737. The number of aryl methyl sites for hydroxylation is 2. The summed E-state index contributed by atoms with van der Waals surface area (Å²) in [5.41, 5.74) is 3.74. The van der Waals surface area contributed by atoms with Crippen LogP contribution in [0.1, 0.15) is 54.6 Å². The van der Waals surface area contributed by atoms with Crippen molar-refractivity contribution in [3.05, 3.63) is 87.5 Å². The van der Waals surface area contributed by atoms with Crippen molar-refractivity contribution in [2.24, 2.45) is 0 Å². The van der Waals surface area contributed by atoms with Gasteiger partial charge in [0, 0.05) is 18.0 Å². The van der Waals surface area contributed by atoms with Gasteiger partial charge in [0.05, 0.1) is 17.3 Å². The van der Waals surface area contributed by atoms with Crippen LogP contribution in [0.15, 0.2) is 48.5 Å². The number of anilines is 1. The average molecular weight is 436 g/mol. The molecule has 1 N–H and O–H groups in total. The van der Waals surface area contributed by atoms with E-state index in [0.29, 0.717) is 11.4 Å². The third kappa shape index (κ3) is 4.06. The van der Waals surface area contributed by atoms with E-state index in [0.717, 1.165) is 27.4 Å². The number of fused-ring (bicyclic) bond motifs is 1. The van der Waals surface area contributed by atoms with Gasteiger partial charge in [-0.2, -0.15) is 5.10 Å². The third-order valence-corrected chi connectivity index (χ3v) is 5.84. The largest absolute Gasteiger partial charge is 0.784 e. The molecule has 4 rings (SSSR count). The molecule has 0 fully saturated rings. The highest BCUT2D eigenvalue weighted by Gasteiger charge is 2.42. The lowest BCUT2D eigenvalue weighted by molar-refractivity contribution is -0.121. The van der Waals surface area contributed by atoms with Crippen LogP contribution in [-0.2, 0) is 16.9 Å². The molecule has 0 spiro atoms. The Labute approximate surface area is 187 Å². The Hall–Kier alpha value is -3.03. The molecule has 0 bridgehead atoms. The van der Waals surface area contributed by atoms with Crippen molar-refractivity contribution in [1.82, 2.24) is 14.8 Å². The Morgan fingerprint density at radius 1 is 1.16 bits per heavy atom. The Kier molecular flexibility index (Phi) is 5.65. The zero-order valence-electron chi connectivity index (χ0n) is 19.0. The van der Waals surface area contributed by atoms with Crippen LogP contribution in [0.3, 0.4) is 0 Å². The summed E-state index contributed by atoms with van der Waals surface area (Å²) in [4.78, 5) is 13.3. The first-order chi connectivity index (χ1) is 15.1. The van der Waals surface area contributed by atoms with Gasteiger partial charge in [0.1, 0.15) is 11.6 Å². The number of aromatic nitrogens is 2. The number of hydrogen-bond donors (Lipinski definition) is 1. The van der Waals surface area contributed by atoms with Crippen molar-refractivity contribution in [2.45, 2.75) is 58.7 Å². The van der Waals surface area contributed by atoms with Crippen LogP contribution in [0, 0.1) is 24.9 Å². The molecular weight excluding hydrogens is 407 g/mol. The van der Waals surface area contributed by atoms with Crippen LogP contribution >= 0.6 is 0 Å². The van der Waals surface area contributed by atoms with Crippen molar-refractivity contribution in [2.75, 3.05) is 5.32 Å². The van der Waals surface area contributed by atoms with Crippen molar-refractivity contribution < 1.29 is 9.18 Å². The van der Waals surface area contributed by atoms with E-state index in [-0.39, 0.29) is 23.8 Å². The lowest BCUT2D eigenvalue weighted by atomic mass is 9.81. The quantitative estimate of drug-likeness (QED) is 0.595. The number of amides is 1. The van der Waals surface area contributed by atoms with E-state index in [4.69, 9.17) is 0 Å². The highest BCUT2D eigenvalue weighted by molar-refractivity contribution is 5.99. The molecule has 1 amide bonds. The maximum atomic E-state index is 13.7. The van der Waals surface area contributed by atoms with E-state index in [1.807, 2.05) is 58.9 Å². The van der Waals surface area contributed by atoms with E-state index in [9.17, 15) is 14.4 Å². The number of nitrogens with one attached hydrogen (secondary N) is 1. The van der Waals surface area contributed by atoms with Crippen molar-refractivity contribution >= 4 is 11.7 Å². The molecule has 1 aliphatic rings. The van der Waals surface area contributed by atoms with E-state index >= 15 is 0 Å². The monoisotopic (exact) mass is 435 g/mol. The average Bonchev–Trinajstić information content (AvgIpc) is 3.04. The number of benzene rings is 2. The standard InChI is InChI=1S/C25H28FN4O2/c1-15-7-6-8-17(13-15)14-29(32)22-21(18-9-11-19(26)12-10-18)20-16(2)28-30(25(3,4)5)23(20)27-24(22)31/h6-13,21-22H,14H2,1-5H3,(H,27,31)/q-1/t21-,22+/m0/s1. The maximum absolute atomic E-state index is 13.7. The van der Waals surface area contributed by atoms with Gasteiger partial charge in [-0.1, -0.05) is 42.0 Å². The fourth-order valence-electron chi connectivity index (χ4n) is 4.42. The summed E-state index contributed by atoms with van der Waals surface area (Å²) in [5, 5.41) is 21.9. The maximum Gasteiger partial charge on any atom is 0.242 e. The number of hydroxylamine groups is 2. The topological polar surface area (TPSA) is 73.2 Å². The van der Waals surface area contributed by atoms with E-state index in [1.165, 1.54) is 12.1 Å². The molecule has 0 aliphatic carbocycles. The number of carbonyl (C=O) groups is 1. The van der Waals surface area contributed by atoms with Gasteiger partial charge in [-0.05, 0) is 57.9 Å². The van der Waals surface area contributed by atoms with Crippen LogP contribution in [0.5, 0.6) is 0 Å². The van der Waals surface area contributed by atoms with Gasteiger partial charge in [-0.15, -0.1) is 0 Å². The molecule has 6 nitrogen and oxygen atoms in total. The number of halogens is 1. The molecule has 0 saturated carbocycles. The van der Waals surface area contributed by atoms with Gasteiger partial charge in [-0.25, -0.2) is 9.07 Å². The van der Waals surface area contributed by atoms with Crippen LogP contribution in [0.2, 0.25) is 0 Å². The fourth-order valence-corrected chi connectivity index (χ4v) is 4.42. The number of rotatable bonds is 4. The summed E-state index contributed by atoms with van der Waals surface area (Å²) in [6.07, 6.45) is 0. The van der Waals surface area contributed by atoms with Crippen LogP contribution in [0.4, 0.5) is 10.2 Å². The summed E-state index contributed by atoms with van der Waals surface area (Å²) in [6, 6.07) is 12.7. The van der Waals surface area contributed by atoms with E-state index in [2.05, 4.69) is 10.4 Å². The summed E-state index contributed by atoms with van der Waals surface area (Å²) in [7, 11) is 0. The molecular formula is C25H28FN4O2-. The van der Waals surface area contributed by atoms with Crippen LogP contribution in [-0.4, -0.2) is 26.8 Å². The first kappa shape index (κ1) is 22.2. The number of hydrogen-bond acceptors (Lipinski definition) is 4. The SMILES string of the molecule is Cc1cccc(CN([O-])[C@H]2C(=O)Nc3c(c(C)nn3C(C)(C)C)[C@@H]2c2ccc(F)cc2)c1. The summed E-state index contributed by atoms with van der Waals surface area (Å²) < 4.78 is 15.5. The number of nitrogens with zero attached hydrogens (tertiary/aromatic N) is 3. The first-order valence-electron chi connectivity index (χ1n) is 10.7. The van der Waals surface area contributed by atoms with Gasteiger partial charge >= 0.3 is 0 Å². The lowest BCUT2D eigenvalue weighted by Crippen LogP contribution is -2.48. The minimum atomic E-state index is -1.01. The second kappa shape index (κ2) is 8.15. The smallest absolute Gasteiger partial charge is 0.242 e. The Bertz CT molecular complexity index is 1150.